The fraction of sp³-hybridized carbons (Fsp3) is 0.320. The summed E-state index contributed by atoms with van der Waals surface area (Å²) in [5.41, 5.74) is 2.43. The predicted octanol–water partition coefficient (Wildman–Crippen LogP) is 3.49. The van der Waals surface area contributed by atoms with E-state index < -0.39 is 0 Å². The number of benzene rings is 1. The molecule has 4 rings (SSSR count). The molecule has 2 aromatic heterocycles. The van der Waals surface area contributed by atoms with E-state index in [4.69, 9.17) is 26.7 Å². The second-order valence-corrected chi connectivity index (χ2v) is 8.58. The van der Waals surface area contributed by atoms with Gasteiger partial charge in [0.15, 0.2) is 0 Å². The van der Waals surface area contributed by atoms with Crippen molar-refractivity contribution >= 4 is 40.7 Å². The number of thiocarbonyl (C=S) groups is 1. The van der Waals surface area contributed by atoms with E-state index in [9.17, 15) is 0 Å². The first-order chi connectivity index (χ1) is 17.4. The van der Waals surface area contributed by atoms with Crippen LogP contribution in [0.4, 0.5) is 17.5 Å². The number of aliphatic imine (C=N–C) groups is 1. The third-order valence-corrected chi connectivity index (χ3v) is 5.81. The zero-order chi connectivity index (χ0) is 25.5. The van der Waals surface area contributed by atoms with E-state index in [0.29, 0.717) is 29.1 Å². The molecule has 1 aromatic carbocycles. The van der Waals surface area contributed by atoms with Gasteiger partial charge in [-0.15, -0.1) is 0 Å². The van der Waals surface area contributed by atoms with E-state index in [0.717, 1.165) is 43.4 Å². The van der Waals surface area contributed by atoms with Gasteiger partial charge in [0.1, 0.15) is 17.3 Å². The highest BCUT2D eigenvalue weighted by atomic mass is 32.1. The van der Waals surface area contributed by atoms with E-state index in [1.165, 1.54) is 0 Å². The number of pyridine rings is 1. The third-order valence-electron chi connectivity index (χ3n) is 5.62. The number of guanidine groups is 1. The molecule has 0 atom stereocenters. The number of piperazine rings is 1. The number of aryl methyl sites for hydroxylation is 2. The van der Waals surface area contributed by atoms with Crippen molar-refractivity contribution in [3.8, 4) is 11.5 Å². The lowest BCUT2D eigenvalue weighted by atomic mass is 10.2. The molecule has 2 N–H and O–H groups in total. The Morgan fingerprint density at radius 2 is 1.69 bits per heavy atom. The van der Waals surface area contributed by atoms with Crippen molar-refractivity contribution < 1.29 is 9.47 Å². The second-order valence-electron chi connectivity index (χ2n) is 8.19. The van der Waals surface area contributed by atoms with Crippen LogP contribution in [0.3, 0.4) is 0 Å². The number of rotatable bonds is 5. The van der Waals surface area contributed by atoms with E-state index in [-0.39, 0.29) is 5.11 Å². The van der Waals surface area contributed by atoms with Crippen molar-refractivity contribution in [2.24, 2.45) is 4.99 Å². The summed E-state index contributed by atoms with van der Waals surface area (Å²) in [5.74, 6) is 3.30. The number of anilines is 3. The van der Waals surface area contributed by atoms with E-state index >= 15 is 0 Å². The molecular formula is C25H30N8O2S. The van der Waals surface area contributed by atoms with Crippen LogP contribution in [0.1, 0.15) is 11.4 Å². The smallest absolute Gasteiger partial charge is 0.229 e. The van der Waals surface area contributed by atoms with Gasteiger partial charge in [-0.2, -0.15) is 4.99 Å². The second kappa shape index (κ2) is 11.6. The minimum Gasteiger partial charge on any atom is -0.497 e. The van der Waals surface area contributed by atoms with Crippen LogP contribution in [0.25, 0.3) is 0 Å². The molecule has 36 heavy (non-hydrogen) atoms. The third kappa shape index (κ3) is 6.36. The van der Waals surface area contributed by atoms with Gasteiger partial charge in [0.25, 0.3) is 0 Å². The van der Waals surface area contributed by atoms with E-state index in [2.05, 4.69) is 35.4 Å². The van der Waals surface area contributed by atoms with Crippen molar-refractivity contribution in [1.29, 1.82) is 0 Å². The maximum Gasteiger partial charge on any atom is 0.229 e. The highest BCUT2D eigenvalue weighted by Crippen LogP contribution is 2.29. The Morgan fingerprint density at radius 3 is 2.33 bits per heavy atom. The lowest BCUT2D eigenvalue weighted by Crippen LogP contribution is -2.51. The average Bonchev–Trinajstić information content (AvgIpc) is 2.88. The van der Waals surface area contributed by atoms with Crippen LogP contribution in [-0.2, 0) is 0 Å². The number of nitrogens with one attached hydrogen (secondary N) is 2. The summed E-state index contributed by atoms with van der Waals surface area (Å²) in [7, 11) is 3.20. The van der Waals surface area contributed by atoms with Crippen molar-refractivity contribution in [2.45, 2.75) is 13.8 Å². The Morgan fingerprint density at radius 1 is 0.944 bits per heavy atom. The van der Waals surface area contributed by atoms with Gasteiger partial charge in [0.2, 0.25) is 17.0 Å². The molecule has 188 valence electrons. The number of aromatic nitrogens is 3. The SMILES string of the molecule is COc1ccc(NC(=S)/N=C(/Nc2nc(C)cc(C)n2)N2CCN(c3ccccn3)CC2)c(OC)c1. The first-order valence-electron chi connectivity index (χ1n) is 11.6. The van der Waals surface area contributed by atoms with Crippen molar-refractivity contribution in [3.63, 3.8) is 0 Å². The van der Waals surface area contributed by atoms with E-state index in [1.54, 1.807) is 20.3 Å². The average molecular weight is 507 g/mol. The van der Waals surface area contributed by atoms with Crippen LogP contribution in [0.15, 0.2) is 53.7 Å². The molecule has 10 nitrogen and oxygen atoms in total. The van der Waals surface area contributed by atoms with Gasteiger partial charge < -0.3 is 24.6 Å². The molecular weight excluding hydrogens is 476 g/mol. The first kappa shape index (κ1) is 25.1. The molecule has 0 unspecified atom stereocenters. The summed E-state index contributed by atoms with van der Waals surface area (Å²) in [6, 6.07) is 13.3. The molecule has 0 bridgehead atoms. The van der Waals surface area contributed by atoms with Gasteiger partial charge >= 0.3 is 0 Å². The van der Waals surface area contributed by atoms with Crippen LogP contribution < -0.4 is 25.0 Å². The topological polar surface area (TPSA) is 100 Å². The number of nitrogens with zero attached hydrogens (tertiary/aromatic N) is 6. The Labute approximate surface area is 216 Å². The minimum atomic E-state index is 0.275. The molecule has 3 aromatic rings. The van der Waals surface area contributed by atoms with Crippen molar-refractivity contribution in [3.05, 3.63) is 60.0 Å². The first-order valence-corrected chi connectivity index (χ1v) is 12.0. The molecule has 1 saturated heterocycles. The summed E-state index contributed by atoms with van der Waals surface area (Å²) < 4.78 is 10.8. The lowest BCUT2D eigenvalue weighted by Gasteiger charge is -2.36. The maximum absolute atomic E-state index is 5.60. The largest absolute Gasteiger partial charge is 0.497 e. The van der Waals surface area contributed by atoms with Gasteiger partial charge in [-0.05, 0) is 56.4 Å². The number of hydrogen-bond acceptors (Lipinski definition) is 7. The molecule has 0 saturated carbocycles. The summed E-state index contributed by atoms with van der Waals surface area (Å²) in [4.78, 5) is 22.6. The molecule has 1 fully saturated rings. The maximum atomic E-state index is 5.60. The number of ether oxygens (including phenoxy) is 2. The fourth-order valence-electron chi connectivity index (χ4n) is 3.89. The fourth-order valence-corrected chi connectivity index (χ4v) is 4.09. The van der Waals surface area contributed by atoms with Gasteiger partial charge in [-0.25, -0.2) is 15.0 Å². The molecule has 0 aliphatic carbocycles. The summed E-state index contributed by atoms with van der Waals surface area (Å²) in [6.07, 6.45) is 1.81. The highest BCUT2D eigenvalue weighted by Gasteiger charge is 2.22. The van der Waals surface area contributed by atoms with Crippen molar-refractivity contribution in [2.75, 3.05) is 55.9 Å². The van der Waals surface area contributed by atoms with Gasteiger partial charge in [0, 0.05) is 49.8 Å². The number of methoxy groups -OCH3 is 2. The Balaban J connectivity index is 1.55. The Hall–Kier alpha value is -3.99. The molecule has 0 amide bonds. The molecule has 1 aliphatic rings. The van der Waals surface area contributed by atoms with Crippen LogP contribution in [0.5, 0.6) is 11.5 Å². The Kier molecular flexibility index (Phi) is 8.11. The predicted molar refractivity (Wildman–Crippen MR) is 146 cm³/mol. The van der Waals surface area contributed by atoms with Gasteiger partial charge in [0.05, 0.1) is 19.9 Å². The standard InChI is InChI=1S/C25H30N8O2S/c1-17-15-18(2)28-23(27-17)30-24(33-13-11-32(12-14-33)22-7-5-6-10-26-22)31-25(36)29-20-9-8-19(34-3)16-21(20)35-4/h5-10,15-16H,11-14H2,1-4H3,(H2,27,28,29,30,31,36). The molecule has 1 aliphatic heterocycles. The van der Waals surface area contributed by atoms with Gasteiger partial charge in [-0.1, -0.05) is 6.07 Å². The molecule has 0 spiro atoms. The summed E-state index contributed by atoms with van der Waals surface area (Å²) in [5, 5.41) is 6.73. The van der Waals surface area contributed by atoms with Crippen LogP contribution in [0.2, 0.25) is 0 Å². The summed E-state index contributed by atoms with van der Waals surface area (Å²) >= 11 is 5.60. The monoisotopic (exact) mass is 506 g/mol. The zero-order valence-electron chi connectivity index (χ0n) is 20.9. The molecule has 3 heterocycles. The molecule has 0 radical (unpaired) electrons. The summed E-state index contributed by atoms with van der Waals surface area (Å²) in [6.45, 7) is 6.90. The van der Waals surface area contributed by atoms with Crippen LogP contribution >= 0.6 is 12.2 Å². The van der Waals surface area contributed by atoms with Crippen LogP contribution in [0, 0.1) is 13.8 Å². The Bertz CT molecular complexity index is 1210. The minimum absolute atomic E-state index is 0.275. The van der Waals surface area contributed by atoms with Gasteiger partial charge in [-0.3, -0.25) is 5.32 Å². The van der Waals surface area contributed by atoms with E-state index in [1.807, 2.05) is 56.4 Å². The van der Waals surface area contributed by atoms with Crippen molar-refractivity contribution in [1.82, 2.24) is 19.9 Å². The zero-order valence-corrected chi connectivity index (χ0v) is 21.7. The number of hydrogen-bond donors (Lipinski definition) is 2. The lowest BCUT2D eigenvalue weighted by molar-refractivity contribution is 0.384. The normalized spacial score (nSPS) is 13.8. The molecule has 11 heteroatoms. The quantitative estimate of drug-likeness (QED) is 0.304. The van der Waals surface area contributed by atoms with Crippen LogP contribution in [-0.4, -0.2) is 71.3 Å². The highest BCUT2D eigenvalue weighted by molar-refractivity contribution is 7.80.